The molecule has 0 spiro atoms. The van der Waals surface area contributed by atoms with Gasteiger partial charge in [-0.25, -0.2) is 0 Å². The number of carbonyl (C=O) groups excluding carboxylic acids is 1. The molecule has 1 amide bonds. The molecule has 1 atom stereocenters. The van der Waals surface area contributed by atoms with Gasteiger partial charge >= 0.3 is 5.97 Å². The number of hydrogen-bond donors (Lipinski definition) is 1. The van der Waals surface area contributed by atoms with Gasteiger partial charge in [-0.15, -0.1) is 0 Å². The molecular weight excluding hydrogens is 270 g/mol. The molecule has 21 heavy (non-hydrogen) atoms. The van der Waals surface area contributed by atoms with E-state index in [-0.39, 0.29) is 18.9 Å². The van der Waals surface area contributed by atoms with E-state index in [0.29, 0.717) is 12.5 Å². The van der Waals surface area contributed by atoms with E-state index in [2.05, 4.69) is 13.8 Å². The number of amides is 1. The second-order valence-electron chi connectivity index (χ2n) is 5.77. The number of rotatable bonds is 6. The van der Waals surface area contributed by atoms with Crippen LogP contribution >= 0.6 is 0 Å². The number of nitrogens with zero attached hydrogens (tertiary/aromatic N) is 1. The van der Waals surface area contributed by atoms with Crippen LogP contribution < -0.4 is 9.64 Å². The van der Waals surface area contributed by atoms with E-state index in [0.717, 1.165) is 17.9 Å². The Morgan fingerprint density at radius 3 is 2.57 bits per heavy atom. The van der Waals surface area contributed by atoms with Crippen LogP contribution in [0, 0.1) is 11.8 Å². The molecule has 1 aliphatic heterocycles. The molecule has 1 saturated heterocycles. The maximum atomic E-state index is 11.9. The molecule has 1 fully saturated rings. The molecule has 114 valence electrons. The SMILES string of the molecule is CC(C)CCOc1ccc(N2CC(C(=O)O)CC2=O)cc1. The quantitative estimate of drug-likeness (QED) is 0.874. The Balaban J connectivity index is 1.96. The van der Waals surface area contributed by atoms with Crippen LogP contribution in [0.3, 0.4) is 0 Å². The smallest absolute Gasteiger partial charge is 0.308 e. The van der Waals surface area contributed by atoms with E-state index < -0.39 is 11.9 Å². The Morgan fingerprint density at radius 1 is 1.38 bits per heavy atom. The number of benzene rings is 1. The highest BCUT2D eigenvalue weighted by Crippen LogP contribution is 2.27. The summed E-state index contributed by atoms with van der Waals surface area (Å²) in [6.45, 7) is 5.19. The zero-order valence-corrected chi connectivity index (χ0v) is 12.4. The van der Waals surface area contributed by atoms with Gasteiger partial charge in [0.2, 0.25) is 5.91 Å². The van der Waals surface area contributed by atoms with Crippen LogP contribution in [0.5, 0.6) is 5.75 Å². The van der Waals surface area contributed by atoms with Gasteiger partial charge in [0.15, 0.2) is 0 Å². The van der Waals surface area contributed by atoms with Gasteiger partial charge in [0, 0.05) is 18.7 Å². The summed E-state index contributed by atoms with van der Waals surface area (Å²) in [5.74, 6) is -0.310. The molecule has 0 saturated carbocycles. The highest BCUT2D eigenvalue weighted by atomic mass is 16.5. The second kappa shape index (κ2) is 6.61. The Morgan fingerprint density at radius 2 is 2.05 bits per heavy atom. The van der Waals surface area contributed by atoms with Gasteiger partial charge in [-0.05, 0) is 36.6 Å². The van der Waals surface area contributed by atoms with Crippen LogP contribution in [-0.2, 0) is 9.59 Å². The number of hydrogen-bond acceptors (Lipinski definition) is 3. The molecule has 1 aliphatic rings. The standard InChI is InChI=1S/C16H21NO4/c1-11(2)7-8-21-14-5-3-13(4-6-14)17-10-12(16(19)20)9-15(17)18/h3-6,11-12H,7-10H2,1-2H3,(H,19,20). The molecule has 1 aromatic carbocycles. The van der Waals surface area contributed by atoms with E-state index in [9.17, 15) is 9.59 Å². The first kappa shape index (κ1) is 15.4. The molecule has 1 N–H and O–H groups in total. The Labute approximate surface area is 124 Å². The lowest BCUT2D eigenvalue weighted by Gasteiger charge is -2.16. The Kier molecular flexibility index (Phi) is 4.83. The molecule has 0 aromatic heterocycles. The van der Waals surface area contributed by atoms with Crippen molar-refractivity contribution in [1.82, 2.24) is 0 Å². The molecule has 0 bridgehead atoms. The summed E-state index contributed by atoms with van der Waals surface area (Å²) in [6.07, 6.45) is 1.06. The van der Waals surface area contributed by atoms with Gasteiger partial charge < -0.3 is 14.7 Å². The number of ether oxygens (including phenoxy) is 1. The Bertz CT molecular complexity index is 510. The van der Waals surface area contributed by atoms with Crippen molar-refractivity contribution in [1.29, 1.82) is 0 Å². The fraction of sp³-hybridized carbons (Fsp3) is 0.500. The highest BCUT2D eigenvalue weighted by molar-refractivity contribution is 5.99. The molecule has 1 unspecified atom stereocenters. The van der Waals surface area contributed by atoms with E-state index in [1.54, 1.807) is 12.1 Å². The molecule has 2 rings (SSSR count). The van der Waals surface area contributed by atoms with Gasteiger partial charge in [0.1, 0.15) is 5.75 Å². The van der Waals surface area contributed by atoms with Crippen molar-refractivity contribution in [3.8, 4) is 5.75 Å². The summed E-state index contributed by atoms with van der Waals surface area (Å²) < 4.78 is 5.62. The number of carboxylic acids is 1. The summed E-state index contributed by atoms with van der Waals surface area (Å²) in [4.78, 5) is 24.3. The van der Waals surface area contributed by atoms with Gasteiger partial charge in [0.25, 0.3) is 0 Å². The molecular formula is C16H21NO4. The zero-order chi connectivity index (χ0) is 15.4. The lowest BCUT2D eigenvalue weighted by molar-refractivity contribution is -0.141. The average Bonchev–Trinajstić information content (AvgIpc) is 2.81. The lowest BCUT2D eigenvalue weighted by atomic mass is 10.1. The molecule has 5 nitrogen and oxygen atoms in total. The lowest BCUT2D eigenvalue weighted by Crippen LogP contribution is -2.25. The van der Waals surface area contributed by atoms with Crippen LogP contribution in [0.1, 0.15) is 26.7 Å². The number of aliphatic carboxylic acids is 1. The second-order valence-corrected chi connectivity index (χ2v) is 5.77. The summed E-state index contributed by atoms with van der Waals surface area (Å²) >= 11 is 0. The first-order valence-electron chi connectivity index (χ1n) is 7.23. The summed E-state index contributed by atoms with van der Waals surface area (Å²) in [5.41, 5.74) is 0.722. The third kappa shape index (κ3) is 3.97. The average molecular weight is 291 g/mol. The zero-order valence-electron chi connectivity index (χ0n) is 12.4. The molecule has 5 heteroatoms. The molecule has 0 aliphatic carbocycles. The van der Waals surface area contributed by atoms with Crippen molar-refractivity contribution >= 4 is 17.6 Å². The van der Waals surface area contributed by atoms with Crippen molar-refractivity contribution in [3.63, 3.8) is 0 Å². The van der Waals surface area contributed by atoms with Gasteiger partial charge in [-0.1, -0.05) is 13.8 Å². The third-order valence-corrected chi connectivity index (χ3v) is 3.59. The molecule has 1 heterocycles. The van der Waals surface area contributed by atoms with Crippen LogP contribution in [0.2, 0.25) is 0 Å². The van der Waals surface area contributed by atoms with Gasteiger partial charge in [-0.2, -0.15) is 0 Å². The first-order valence-corrected chi connectivity index (χ1v) is 7.23. The highest BCUT2D eigenvalue weighted by Gasteiger charge is 2.34. The predicted octanol–water partition coefficient (Wildman–Crippen LogP) is 2.55. The van der Waals surface area contributed by atoms with Crippen LogP contribution in [-0.4, -0.2) is 30.1 Å². The topological polar surface area (TPSA) is 66.8 Å². The van der Waals surface area contributed by atoms with Crippen molar-refractivity contribution in [3.05, 3.63) is 24.3 Å². The van der Waals surface area contributed by atoms with Crippen LogP contribution in [0.4, 0.5) is 5.69 Å². The normalized spacial score (nSPS) is 18.3. The minimum Gasteiger partial charge on any atom is -0.494 e. The molecule has 1 aromatic rings. The fourth-order valence-corrected chi connectivity index (χ4v) is 2.26. The summed E-state index contributed by atoms with van der Waals surface area (Å²) in [6, 6.07) is 7.23. The van der Waals surface area contributed by atoms with E-state index >= 15 is 0 Å². The largest absolute Gasteiger partial charge is 0.494 e. The van der Waals surface area contributed by atoms with Crippen molar-refractivity contribution in [2.75, 3.05) is 18.1 Å². The predicted molar refractivity (Wildman–Crippen MR) is 79.5 cm³/mol. The van der Waals surface area contributed by atoms with Gasteiger partial charge in [0.05, 0.1) is 12.5 Å². The van der Waals surface area contributed by atoms with E-state index in [4.69, 9.17) is 9.84 Å². The minimum absolute atomic E-state index is 0.0714. The van der Waals surface area contributed by atoms with E-state index in [1.807, 2.05) is 12.1 Å². The van der Waals surface area contributed by atoms with Crippen molar-refractivity contribution < 1.29 is 19.4 Å². The maximum absolute atomic E-state index is 11.9. The fourth-order valence-electron chi connectivity index (χ4n) is 2.26. The monoisotopic (exact) mass is 291 g/mol. The number of anilines is 1. The van der Waals surface area contributed by atoms with Crippen LogP contribution in [0.25, 0.3) is 0 Å². The van der Waals surface area contributed by atoms with Crippen LogP contribution in [0.15, 0.2) is 24.3 Å². The first-order chi connectivity index (χ1) is 9.97. The maximum Gasteiger partial charge on any atom is 0.308 e. The third-order valence-electron chi connectivity index (χ3n) is 3.59. The summed E-state index contributed by atoms with van der Waals surface area (Å²) in [5, 5.41) is 8.98. The van der Waals surface area contributed by atoms with Crippen molar-refractivity contribution in [2.45, 2.75) is 26.7 Å². The van der Waals surface area contributed by atoms with Gasteiger partial charge in [-0.3, -0.25) is 9.59 Å². The Hall–Kier alpha value is -2.04. The van der Waals surface area contributed by atoms with E-state index in [1.165, 1.54) is 4.90 Å². The summed E-state index contributed by atoms with van der Waals surface area (Å²) in [7, 11) is 0. The van der Waals surface area contributed by atoms with Crippen molar-refractivity contribution in [2.24, 2.45) is 11.8 Å². The number of carboxylic acid groups (broad SMARTS) is 1. The molecule has 0 radical (unpaired) electrons. The number of carbonyl (C=O) groups is 2. The minimum atomic E-state index is -0.917.